The van der Waals surface area contributed by atoms with E-state index in [1.165, 1.54) is 21.2 Å². The third-order valence-corrected chi connectivity index (χ3v) is 4.18. The largest absolute Gasteiger partial charge is 0.312 e. The third kappa shape index (κ3) is 4.64. The minimum atomic E-state index is 0.793. The number of aryl methyl sites for hydroxylation is 1. The van der Waals surface area contributed by atoms with Gasteiger partial charge in [0, 0.05) is 16.0 Å². The Morgan fingerprint density at radius 2 is 1.74 bits per heavy atom. The second-order valence-corrected chi connectivity index (χ2v) is 5.93. The molecule has 3 heteroatoms. The van der Waals surface area contributed by atoms with E-state index in [9.17, 15) is 0 Å². The zero-order valence-electron chi connectivity index (χ0n) is 10.9. The van der Waals surface area contributed by atoms with Crippen molar-refractivity contribution in [3.8, 4) is 0 Å². The topological polar surface area (TPSA) is 12.0 Å². The second-order valence-electron chi connectivity index (χ2n) is 4.64. The highest BCUT2D eigenvalue weighted by Crippen LogP contribution is 2.17. The highest BCUT2D eigenvalue weighted by molar-refractivity contribution is 9.10. The average molecular weight is 339 g/mol. The number of hydrogen-bond acceptors (Lipinski definition) is 1. The van der Waals surface area contributed by atoms with Gasteiger partial charge in [0.25, 0.3) is 0 Å². The van der Waals surface area contributed by atoms with Gasteiger partial charge in [-0.25, -0.2) is 0 Å². The molecule has 0 aliphatic rings. The zero-order chi connectivity index (χ0) is 13.7. The van der Waals surface area contributed by atoms with Gasteiger partial charge in [-0.3, -0.25) is 0 Å². The Bertz CT molecular complexity index is 537. The molecule has 2 rings (SSSR count). The summed E-state index contributed by atoms with van der Waals surface area (Å²) in [5, 5.41) is 4.25. The van der Waals surface area contributed by atoms with Crippen LogP contribution in [0.2, 0.25) is 5.02 Å². The first kappa shape index (κ1) is 14.6. The van der Waals surface area contributed by atoms with Gasteiger partial charge in [0.2, 0.25) is 0 Å². The minimum Gasteiger partial charge on any atom is -0.312 e. The molecule has 19 heavy (non-hydrogen) atoms. The summed E-state index contributed by atoms with van der Waals surface area (Å²) < 4.78 is 1.17. The van der Waals surface area contributed by atoms with Crippen molar-refractivity contribution in [2.75, 3.05) is 6.54 Å². The van der Waals surface area contributed by atoms with Crippen molar-refractivity contribution in [2.24, 2.45) is 0 Å². The summed E-state index contributed by atoms with van der Waals surface area (Å²) in [5.74, 6) is 0. The van der Waals surface area contributed by atoms with Gasteiger partial charge in [0.1, 0.15) is 0 Å². The molecule has 0 aliphatic heterocycles. The first-order chi connectivity index (χ1) is 9.15. The second kappa shape index (κ2) is 7.09. The van der Waals surface area contributed by atoms with Crippen molar-refractivity contribution in [3.63, 3.8) is 0 Å². The first-order valence-electron chi connectivity index (χ1n) is 6.35. The van der Waals surface area contributed by atoms with Gasteiger partial charge in [-0.15, -0.1) is 0 Å². The van der Waals surface area contributed by atoms with E-state index in [1.807, 2.05) is 12.1 Å². The summed E-state index contributed by atoms with van der Waals surface area (Å²) in [4.78, 5) is 0. The number of halogens is 2. The van der Waals surface area contributed by atoms with E-state index < -0.39 is 0 Å². The van der Waals surface area contributed by atoms with Gasteiger partial charge in [-0.05, 0) is 54.8 Å². The standard InChI is InChI=1S/C16H17BrClN/c1-12-2-3-14(10-16(12)17)11-19-9-8-13-4-6-15(18)7-5-13/h2-7,10,19H,8-9,11H2,1H3. The summed E-state index contributed by atoms with van der Waals surface area (Å²) in [5.41, 5.74) is 3.88. The van der Waals surface area contributed by atoms with Gasteiger partial charge >= 0.3 is 0 Å². The normalized spacial score (nSPS) is 10.7. The molecule has 0 unspecified atom stereocenters. The van der Waals surface area contributed by atoms with E-state index in [4.69, 9.17) is 11.6 Å². The smallest absolute Gasteiger partial charge is 0.0406 e. The van der Waals surface area contributed by atoms with Gasteiger partial charge < -0.3 is 5.32 Å². The fourth-order valence-corrected chi connectivity index (χ4v) is 2.42. The van der Waals surface area contributed by atoms with Crippen molar-refractivity contribution in [2.45, 2.75) is 19.9 Å². The van der Waals surface area contributed by atoms with Gasteiger partial charge in [-0.2, -0.15) is 0 Å². The third-order valence-electron chi connectivity index (χ3n) is 3.07. The van der Waals surface area contributed by atoms with Crippen molar-refractivity contribution < 1.29 is 0 Å². The van der Waals surface area contributed by atoms with Crippen LogP contribution in [0.5, 0.6) is 0 Å². The van der Waals surface area contributed by atoms with E-state index in [-0.39, 0.29) is 0 Å². The van der Waals surface area contributed by atoms with Crippen LogP contribution in [0.3, 0.4) is 0 Å². The van der Waals surface area contributed by atoms with Crippen molar-refractivity contribution in [1.82, 2.24) is 5.32 Å². The molecule has 0 spiro atoms. The molecule has 0 radical (unpaired) electrons. The number of benzene rings is 2. The summed E-state index contributed by atoms with van der Waals surface area (Å²) >= 11 is 9.42. The molecule has 0 fully saturated rings. The molecule has 0 bridgehead atoms. The predicted octanol–water partition coefficient (Wildman–Crippen LogP) is 4.74. The molecule has 0 saturated heterocycles. The Morgan fingerprint density at radius 3 is 2.42 bits per heavy atom. The van der Waals surface area contributed by atoms with E-state index in [0.717, 1.165) is 24.5 Å². The Labute approximate surface area is 128 Å². The van der Waals surface area contributed by atoms with Crippen LogP contribution in [-0.4, -0.2) is 6.54 Å². The molecule has 2 aromatic rings. The van der Waals surface area contributed by atoms with Crippen molar-refractivity contribution in [1.29, 1.82) is 0 Å². The van der Waals surface area contributed by atoms with Crippen molar-refractivity contribution in [3.05, 3.63) is 68.7 Å². The maximum absolute atomic E-state index is 5.86. The van der Waals surface area contributed by atoms with E-state index >= 15 is 0 Å². The fraction of sp³-hybridized carbons (Fsp3) is 0.250. The monoisotopic (exact) mass is 337 g/mol. The van der Waals surface area contributed by atoms with Crippen LogP contribution >= 0.6 is 27.5 Å². The Kier molecular flexibility index (Phi) is 5.44. The predicted molar refractivity (Wildman–Crippen MR) is 85.7 cm³/mol. The molecule has 2 aromatic carbocycles. The van der Waals surface area contributed by atoms with Crippen LogP contribution in [0.4, 0.5) is 0 Å². The molecular weight excluding hydrogens is 322 g/mol. The molecule has 0 aromatic heterocycles. The fourth-order valence-electron chi connectivity index (χ4n) is 1.86. The van der Waals surface area contributed by atoms with Gasteiger partial charge in [0.05, 0.1) is 0 Å². The van der Waals surface area contributed by atoms with Crippen LogP contribution in [0, 0.1) is 6.92 Å². The van der Waals surface area contributed by atoms with Gasteiger partial charge in [-0.1, -0.05) is 51.8 Å². The van der Waals surface area contributed by atoms with Crippen LogP contribution in [-0.2, 0) is 13.0 Å². The molecule has 0 saturated carbocycles. The Morgan fingerprint density at radius 1 is 1.05 bits per heavy atom. The Hall–Kier alpha value is -0.830. The zero-order valence-corrected chi connectivity index (χ0v) is 13.3. The minimum absolute atomic E-state index is 0.793. The van der Waals surface area contributed by atoms with E-state index in [0.29, 0.717) is 0 Å². The van der Waals surface area contributed by atoms with E-state index in [2.05, 4.69) is 58.5 Å². The first-order valence-corrected chi connectivity index (χ1v) is 7.52. The average Bonchev–Trinajstić information content (AvgIpc) is 2.41. The molecule has 1 N–H and O–H groups in total. The highest BCUT2D eigenvalue weighted by Gasteiger charge is 1.98. The number of nitrogens with one attached hydrogen (secondary N) is 1. The number of hydrogen-bond donors (Lipinski definition) is 1. The van der Waals surface area contributed by atoms with Crippen molar-refractivity contribution >= 4 is 27.5 Å². The summed E-state index contributed by atoms with van der Waals surface area (Å²) in [6.45, 7) is 3.96. The Balaban J connectivity index is 1.77. The lowest BCUT2D eigenvalue weighted by Gasteiger charge is -2.07. The molecule has 0 amide bonds. The van der Waals surface area contributed by atoms with Crippen LogP contribution in [0.15, 0.2) is 46.9 Å². The quantitative estimate of drug-likeness (QED) is 0.776. The van der Waals surface area contributed by atoms with Crippen LogP contribution in [0.25, 0.3) is 0 Å². The molecule has 0 aliphatic carbocycles. The molecule has 100 valence electrons. The summed E-state index contributed by atoms with van der Waals surface area (Å²) in [7, 11) is 0. The summed E-state index contributed by atoms with van der Waals surface area (Å²) in [6.07, 6.45) is 1.02. The lowest BCUT2D eigenvalue weighted by Crippen LogP contribution is -2.16. The van der Waals surface area contributed by atoms with Crippen LogP contribution < -0.4 is 5.32 Å². The SMILES string of the molecule is Cc1ccc(CNCCc2ccc(Cl)cc2)cc1Br. The lowest BCUT2D eigenvalue weighted by atomic mass is 10.1. The molecule has 0 heterocycles. The maximum Gasteiger partial charge on any atom is 0.0406 e. The van der Waals surface area contributed by atoms with Crippen LogP contribution in [0.1, 0.15) is 16.7 Å². The number of rotatable bonds is 5. The van der Waals surface area contributed by atoms with Gasteiger partial charge in [0.15, 0.2) is 0 Å². The molecule has 0 atom stereocenters. The van der Waals surface area contributed by atoms with E-state index in [1.54, 1.807) is 0 Å². The lowest BCUT2D eigenvalue weighted by molar-refractivity contribution is 0.686. The molecule has 1 nitrogen and oxygen atoms in total. The highest BCUT2D eigenvalue weighted by atomic mass is 79.9. The summed E-state index contributed by atoms with van der Waals surface area (Å²) in [6, 6.07) is 14.5. The maximum atomic E-state index is 5.86. The molecular formula is C16H17BrClN.